The maximum absolute atomic E-state index is 13.9. The van der Waals surface area contributed by atoms with Crippen LogP contribution in [0.15, 0.2) is 71.6 Å². The van der Waals surface area contributed by atoms with Gasteiger partial charge in [0.1, 0.15) is 0 Å². The third kappa shape index (κ3) is 5.01. The van der Waals surface area contributed by atoms with Crippen molar-refractivity contribution in [3.05, 3.63) is 77.9 Å². The quantitative estimate of drug-likeness (QED) is 0.464. The molecule has 2 aliphatic heterocycles. The van der Waals surface area contributed by atoms with Gasteiger partial charge in [0, 0.05) is 51.5 Å². The van der Waals surface area contributed by atoms with Crippen LogP contribution in [0.4, 0.5) is 11.4 Å². The summed E-state index contributed by atoms with van der Waals surface area (Å²) in [6.07, 6.45) is 1.49. The van der Waals surface area contributed by atoms with Crippen LogP contribution >= 0.6 is 0 Å². The first kappa shape index (κ1) is 24.5. The minimum Gasteiger partial charge on any atom is -0.454 e. The van der Waals surface area contributed by atoms with Crippen molar-refractivity contribution in [2.24, 2.45) is 0 Å². The van der Waals surface area contributed by atoms with E-state index < -0.39 is 10.0 Å². The molecule has 0 saturated carbocycles. The Bertz CT molecular complexity index is 1300. The number of aryl methyl sites for hydroxylation is 1. The van der Waals surface area contributed by atoms with Gasteiger partial charge in [-0.25, -0.2) is 8.42 Å². The molecule has 5 rings (SSSR count). The zero-order chi connectivity index (χ0) is 25.3. The SMILES string of the molecule is Cc1ccc(S(=O)(=O)N(c2ccc3c(c2)OCO3)C2CCN(Cc3ccc(N(C)C)cc3)CC2)cc1. The van der Waals surface area contributed by atoms with E-state index in [4.69, 9.17) is 9.47 Å². The Kier molecular flexibility index (Phi) is 6.81. The monoisotopic (exact) mass is 507 g/mol. The summed E-state index contributed by atoms with van der Waals surface area (Å²) in [5, 5.41) is 0. The van der Waals surface area contributed by atoms with Crippen LogP contribution < -0.4 is 18.7 Å². The van der Waals surface area contributed by atoms with Crippen LogP contribution in [-0.4, -0.2) is 53.3 Å². The molecule has 0 unspecified atom stereocenters. The van der Waals surface area contributed by atoms with Crippen molar-refractivity contribution in [2.75, 3.05) is 43.2 Å². The van der Waals surface area contributed by atoms with E-state index in [1.807, 2.05) is 39.2 Å². The van der Waals surface area contributed by atoms with Gasteiger partial charge in [0.05, 0.1) is 10.6 Å². The molecule has 0 aromatic heterocycles. The molecular formula is C28H33N3O4S. The Morgan fingerprint density at radius 3 is 2.17 bits per heavy atom. The van der Waals surface area contributed by atoms with Crippen LogP contribution in [0.5, 0.6) is 11.5 Å². The number of benzene rings is 3. The molecule has 0 amide bonds. The Morgan fingerprint density at radius 1 is 0.861 bits per heavy atom. The van der Waals surface area contributed by atoms with Crippen LogP contribution in [0.25, 0.3) is 0 Å². The smallest absolute Gasteiger partial charge is 0.264 e. The minimum atomic E-state index is -3.76. The molecule has 3 aromatic carbocycles. The van der Waals surface area contributed by atoms with E-state index in [0.717, 1.165) is 38.0 Å². The molecule has 3 aromatic rings. The highest BCUT2D eigenvalue weighted by Crippen LogP contribution is 2.39. The molecule has 1 saturated heterocycles. The zero-order valence-corrected chi connectivity index (χ0v) is 21.9. The highest BCUT2D eigenvalue weighted by atomic mass is 32.2. The Hall–Kier alpha value is -3.23. The lowest BCUT2D eigenvalue weighted by atomic mass is 10.0. The van der Waals surface area contributed by atoms with Crippen molar-refractivity contribution in [3.8, 4) is 11.5 Å². The largest absolute Gasteiger partial charge is 0.454 e. The van der Waals surface area contributed by atoms with Crippen molar-refractivity contribution >= 4 is 21.4 Å². The fourth-order valence-corrected chi connectivity index (χ4v) is 6.56. The van der Waals surface area contributed by atoms with E-state index in [0.29, 0.717) is 22.1 Å². The molecule has 2 heterocycles. The van der Waals surface area contributed by atoms with E-state index >= 15 is 0 Å². The summed E-state index contributed by atoms with van der Waals surface area (Å²) in [6.45, 7) is 4.61. The number of likely N-dealkylation sites (tertiary alicyclic amines) is 1. The highest BCUT2D eigenvalue weighted by molar-refractivity contribution is 7.92. The molecule has 0 atom stereocenters. The van der Waals surface area contributed by atoms with Crippen molar-refractivity contribution in [2.45, 2.75) is 37.2 Å². The third-order valence-corrected chi connectivity index (χ3v) is 8.83. The predicted octanol–water partition coefficient (Wildman–Crippen LogP) is 4.65. The molecule has 7 nitrogen and oxygen atoms in total. The van der Waals surface area contributed by atoms with Crippen LogP contribution in [-0.2, 0) is 16.6 Å². The van der Waals surface area contributed by atoms with Gasteiger partial charge in [-0.15, -0.1) is 0 Å². The number of hydrogen-bond acceptors (Lipinski definition) is 6. The summed E-state index contributed by atoms with van der Waals surface area (Å²) >= 11 is 0. The molecular weight excluding hydrogens is 474 g/mol. The van der Waals surface area contributed by atoms with Gasteiger partial charge in [-0.1, -0.05) is 29.8 Å². The summed E-state index contributed by atoms with van der Waals surface area (Å²) in [5.41, 5.74) is 4.07. The lowest BCUT2D eigenvalue weighted by Crippen LogP contribution is -2.47. The van der Waals surface area contributed by atoms with Gasteiger partial charge in [0.25, 0.3) is 10.0 Å². The van der Waals surface area contributed by atoms with E-state index in [9.17, 15) is 8.42 Å². The van der Waals surface area contributed by atoms with Gasteiger partial charge in [-0.3, -0.25) is 9.21 Å². The summed E-state index contributed by atoms with van der Waals surface area (Å²) < 4.78 is 40.5. The minimum absolute atomic E-state index is 0.149. The molecule has 8 heteroatoms. The molecule has 2 aliphatic rings. The van der Waals surface area contributed by atoms with E-state index in [2.05, 4.69) is 34.1 Å². The molecule has 0 aliphatic carbocycles. The third-order valence-electron chi connectivity index (χ3n) is 6.94. The van der Waals surface area contributed by atoms with Crippen molar-refractivity contribution in [1.82, 2.24) is 4.90 Å². The molecule has 0 radical (unpaired) electrons. The Balaban J connectivity index is 1.37. The maximum Gasteiger partial charge on any atom is 0.264 e. The predicted molar refractivity (Wildman–Crippen MR) is 142 cm³/mol. The second-order valence-electron chi connectivity index (χ2n) is 9.72. The summed E-state index contributed by atoms with van der Waals surface area (Å²) in [5.74, 6) is 1.22. The van der Waals surface area contributed by atoms with E-state index in [-0.39, 0.29) is 12.8 Å². The van der Waals surface area contributed by atoms with Crippen molar-refractivity contribution in [3.63, 3.8) is 0 Å². The van der Waals surface area contributed by atoms with Crippen LogP contribution in [0.2, 0.25) is 0 Å². The molecule has 0 N–H and O–H groups in total. The normalized spacial score (nSPS) is 16.2. The number of fused-ring (bicyclic) bond motifs is 1. The lowest BCUT2D eigenvalue weighted by molar-refractivity contribution is 0.174. The second kappa shape index (κ2) is 10.0. The van der Waals surface area contributed by atoms with Crippen molar-refractivity contribution in [1.29, 1.82) is 0 Å². The number of rotatable bonds is 7. The van der Waals surface area contributed by atoms with Gasteiger partial charge in [0.15, 0.2) is 11.5 Å². The van der Waals surface area contributed by atoms with E-state index in [1.54, 1.807) is 28.6 Å². The first-order valence-electron chi connectivity index (χ1n) is 12.3. The maximum atomic E-state index is 13.9. The van der Waals surface area contributed by atoms with Crippen LogP contribution in [0, 0.1) is 6.92 Å². The number of piperidine rings is 1. The van der Waals surface area contributed by atoms with Gasteiger partial charge >= 0.3 is 0 Å². The molecule has 36 heavy (non-hydrogen) atoms. The second-order valence-corrected chi connectivity index (χ2v) is 11.5. The van der Waals surface area contributed by atoms with Crippen LogP contribution in [0.3, 0.4) is 0 Å². The van der Waals surface area contributed by atoms with Gasteiger partial charge in [-0.2, -0.15) is 0 Å². The summed E-state index contributed by atoms with van der Waals surface area (Å²) in [4.78, 5) is 4.79. The Morgan fingerprint density at radius 2 is 1.50 bits per heavy atom. The number of anilines is 2. The molecule has 190 valence electrons. The standard InChI is InChI=1S/C28H33N3O4S/c1-21-4-11-26(12-5-21)36(32,33)31(25-10-13-27-28(18-25)35-20-34-27)24-14-16-30(17-15-24)19-22-6-8-23(9-7-22)29(2)3/h4-13,18,24H,14-17,19-20H2,1-3H3. The van der Waals surface area contributed by atoms with Gasteiger partial charge in [-0.05, 0) is 61.7 Å². The molecule has 0 spiro atoms. The van der Waals surface area contributed by atoms with Crippen molar-refractivity contribution < 1.29 is 17.9 Å². The molecule has 1 fully saturated rings. The highest BCUT2D eigenvalue weighted by Gasteiger charge is 2.35. The van der Waals surface area contributed by atoms with Gasteiger partial charge < -0.3 is 14.4 Å². The summed E-state index contributed by atoms with van der Waals surface area (Å²) in [6, 6.07) is 20.9. The Labute approximate surface area is 213 Å². The van der Waals surface area contributed by atoms with Crippen LogP contribution in [0.1, 0.15) is 24.0 Å². The number of ether oxygens (including phenoxy) is 2. The average Bonchev–Trinajstić information content (AvgIpc) is 3.34. The summed E-state index contributed by atoms with van der Waals surface area (Å²) in [7, 11) is 0.313. The molecule has 0 bridgehead atoms. The fraction of sp³-hybridized carbons (Fsp3) is 0.357. The zero-order valence-electron chi connectivity index (χ0n) is 21.1. The lowest BCUT2D eigenvalue weighted by Gasteiger charge is -2.39. The number of nitrogens with zero attached hydrogens (tertiary/aromatic N) is 3. The first-order chi connectivity index (χ1) is 17.3. The first-order valence-corrected chi connectivity index (χ1v) is 13.7. The average molecular weight is 508 g/mol. The number of hydrogen-bond donors (Lipinski definition) is 0. The van der Waals surface area contributed by atoms with Gasteiger partial charge in [0.2, 0.25) is 6.79 Å². The fourth-order valence-electron chi connectivity index (χ4n) is 4.86. The van der Waals surface area contributed by atoms with E-state index in [1.165, 1.54) is 11.3 Å². The topological polar surface area (TPSA) is 62.3 Å². The number of sulfonamides is 1.